The molecule has 2 rings (SSSR count). The quantitative estimate of drug-likeness (QED) is 0.440. The first kappa shape index (κ1) is 24.6. The van der Waals surface area contributed by atoms with E-state index in [0.29, 0.717) is 35.2 Å². The normalized spacial score (nSPS) is 11.7. The molecular weight excluding hydrogens is 439 g/mol. The van der Waals surface area contributed by atoms with Crippen LogP contribution in [0.1, 0.15) is 37.8 Å². The molecule has 2 amide bonds. The van der Waals surface area contributed by atoms with E-state index in [1.54, 1.807) is 34.9 Å². The first-order chi connectivity index (χ1) is 14.5. The minimum atomic E-state index is -0.539. The Morgan fingerprint density at radius 1 is 1.10 bits per heavy atom. The van der Waals surface area contributed by atoms with Gasteiger partial charge in [0, 0.05) is 41.1 Å². The molecule has 0 saturated heterocycles. The molecule has 0 aliphatic rings. The summed E-state index contributed by atoms with van der Waals surface area (Å²) >= 11 is 14.0. The van der Waals surface area contributed by atoms with Gasteiger partial charge in [0.15, 0.2) is 0 Å². The van der Waals surface area contributed by atoms with Gasteiger partial charge in [-0.25, -0.2) is 0 Å². The lowest BCUT2D eigenvalue weighted by atomic mass is 10.1. The van der Waals surface area contributed by atoms with Crippen LogP contribution in [-0.2, 0) is 21.9 Å². The number of carbonyl (C=O) groups excluding carboxylic acids is 2. The topological polar surface area (TPSA) is 49.4 Å². The number of hydrogen-bond donors (Lipinski definition) is 1. The molecule has 0 aliphatic carbocycles. The van der Waals surface area contributed by atoms with Gasteiger partial charge in [-0.2, -0.15) is 11.8 Å². The fourth-order valence-electron chi connectivity index (χ4n) is 3.11. The zero-order chi connectivity index (χ0) is 21.9. The first-order valence-corrected chi connectivity index (χ1v) is 12.0. The van der Waals surface area contributed by atoms with Crippen LogP contribution in [0.2, 0.25) is 10.0 Å². The molecular formula is C23H28Cl2N2O2S. The van der Waals surface area contributed by atoms with Gasteiger partial charge < -0.3 is 10.2 Å². The van der Waals surface area contributed by atoms with Gasteiger partial charge in [-0.05, 0) is 36.6 Å². The molecule has 2 aromatic carbocycles. The van der Waals surface area contributed by atoms with Crippen molar-refractivity contribution in [3.8, 4) is 0 Å². The van der Waals surface area contributed by atoms with E-state index in [1.165, 1.54) is 5.56 Å². The minimum Gasteiger partial charge on any atom is -0.355 e. The van der Waals surface area contributed by atoms with Crippen molar-refractivity contribution in [1.29, 1.82) is 0 Å². The zero-order valence-electron chi connectivity index (χ0n) is 17.4. The summed E-state index contributed by atoms with van der Waals surface area (Å²) in [7, 11) is 0. The van der Waals surface area contributed by atoms with Crippen LogP contribution >= 0.6 is 35.0 Å². The summed E-state index contributed by atoms with van der Waals surface area (Å²) in [4.78, 5) is 27.4. The number of likely N-dealkylation sites (N-methyl/N-ethyl adjacent to an activating group) is 1. The molecule has 1 unspecified atom stereocenters. The number of carbonyl (C=O) groups is 2. The molecule has 1 atom stereocenters. The fraction of sp³-hybridized carbons (Fsp3) is 0.391. The number of hydrogen-bond acceptors (Lipinski definition) is 3. The molecule has 4 nitrogen and oxygen atoms in total. The molecule has 0 aromatic heterocycles. The van der Waals surface area contributed by atoms with Gasteiger partial charge in [-0.15, -0.1) is 0 Å². The van der Waals surface area contributed by atoms with Gasteiger partial charge in [0.05, 0.1) is 0 Å². The van der Waals surface area contributed by atoms with Gasteiger partial charge in [0.1, 0.15) is 6.04 Å². The Balaban J connectivity index is 2.08. The van der Waals surface area contributed by atoms with Gasteiger partial charge in [-0.3, -0.25) is 9.59 Å². The lowest BCUT2D eigenvalue weighted by Crippen LogP contribution is -2.49. The molecule has 0 radical (unpaired) electrons. The molecule has 0 heterocycles. The van der Waals surface area contributed by atoms with Gasteiger partial charge in [-0.1, -0.05) is 66.5 Å². The van der Waals surface area contributed by atoms with Crippen LogP contribution in [0.5, 0.6) is 0 Å². The maximum absolute atomic E-state index is 13.1. The van der Waals surface area contributed by atoms with Crippen molar-refractivity contribution >= 4 is 46.8 Å². The number of benzene rings is 2. The van der Waals surface area contributed by atoms with Crippen molar-refractivity contribution in [2.24, 2.45) is 0 Å². The Morgan fingerprint density at radius 2 is 1.83 bits per heavy atom. The summed E-state index contributed by atoms with van der Waals surface area (Å²) in [5.41, 5.74) is 2.00. The Morgan fingerprint density at radius 3 is 2.47 bits per heavy atom. The van der Waals surface area contributed by atoms with E-state index in [4.69, 9.17) is 23.2 Å². The maximum Gasteiger partial charge on any atom is 0.242 e. The molecule has 7 heteroatoms. The lowest BCUT2D eigenvalue weighted by molar-refractivity contribution is -0.141. The van der Waals surface area contributed by atoms with E-state index in [9.17, 15) is 9.59 Å². The van der Waals surface area contributed by atoms with E-state index in [2.05, 4.69) is 17.4 Å². The molecule has 30 heavy (non-hydrogen) atoms. The number of amides is 2. The maximum atomic E-state index is 13.1. The van der Waals surface area contributed by atoms with Crippen molar-refractivity contribution in [2.45, 2.75) is 45.0 Å². The number of rotatable bonds is 11. The molecule has 0 aliphatic heterocycles. The average Bonchev–Trinajstić information content (AvgIpc) is 2.73. The van der Waals surface area contributed by atoms with E-state index in [-0.39, 0.29) is 18.4 Å². The molecule has 1 N–H and O–H groups in total. The second-order valence-electron chi connectivity index (χ2n) is 6.86. The average molecular weight is 467 g/mol. The molecule has 0 spiro atoms. The van der Waals surface area contributed by atoms with Gasteiger partial charge in [0.25, 0.3) is 0 Å². The highest BCUT2D eigenvalue weighted by Crippen LogP contribution is 2.24. The van der Waals surface area contributed by atoms with E-state index in [1.807, 2.05) is 32.0 Å². The van der Waals surface area contributed by atoms with Gasteiger partial charge >= 0.3 is 0 Å². The third-order valence-corrected chi connectivity index (χ3v) is 6.28. The first-order valence-electron chi connectivity index (χ1n) is 10.1. The summed E-state index contributed by atoms with van der Waals surface area (Å²) in [6.07, 6.45) is 0.887. The third-order valence-electron chi connectivity index (χ3n) is 4.66. The highest BCUT2D eigenvalue weighted by atomic mass is 35.5. The predicted molar refractivity (Wildman–Crippen MR) is 127 cm³/mol. The van der Waals surface area contributed by atoms with Crippen molar-refractivity contribution in [3.63, 3.8) is 0 Å². The smallest absolute Gasteiger partial charge is 0.242 e. The predicted octanol–water partition coefficient (Wildman–Crippen LogP) is 5.56. The largest absolute Gasteiger partial charge is 0.355 e. The molecule has 0 fully saturated rings. The summed E-state index contributed by atoms with van der Waals surface area (Å²) < 4.78 is 0. The molecule has 162 valence electrons. The van der Waals surface area contributed by atoms with E-state index in [0.717, 1.165) is 11.3 Å². The van der Waals surface area contributed by atoms with Crippen LogP contribution in [0, 0.1) is 0 Å². The van der Waals surface area contributed by atoms with Crippen molar-refractivity contribution in [3.05, 3.63) is 69.7 Å². The molecule has 0 bridgehead atoms. The Bertz CT molecular complexity index is 833. The Labute approximate surface area is 193 Å². The number of halogens is 2. The van der Waals surface area contributed by atoms with Crippen molar-refractivity contribution < 1.29 is 9.59 Å². The monoisotopic (exact) mass is 466 g/mol. The van der Waals surface area contributed by atoms with Crippen LogP contribution in [0.3, 0.4) is 0 Å². The van der Waals surface area contributed by atoms with Crippen LogP contribution in [0.25, 0.3) is 0 Å². The second kappa shape index (κ2) is 12.9. The Hall–Kier alpha value is -1.69. The summed E-state index contributed by atoms with van der Waals surface area (Å²) in [5, 5.41) is 3.87. The third kappa shape index (κ3) is 7.53. The van der Waals surface area contributed by atoms with Crippen LogP contribution in [-0.4, -0.2) is 35.1 Å². The summed E-state index contributed by atoms with van der Waals surface area (Å²) in [6, 6.07) is 14.8. The lowest BCUT2D eigenvalue weighted by Gasteiger charge is -2.31. The number of nitrogens with one attached hydrogen (secondary N) is 1. The minimum absolute atomic E-state index is 0.0559. The second-order valence-corrected chi connectivity index (χ2v) is 8.81. The van der Waals surface area contributed by atoms with Crippen molar-refractivity contribution in [1.82, 2.24) is 10.2 Å². The van der Waals surface area contributed by atoms with E-state index >= 15 is 0 Å². The molecule has 2 aromatic rings. The van der Waals surface area contributed by atoms with Crippen LogP contribution in [0.4, 0.5) is 0 Å². The van der Waals surface area contributed by atoms with Crippen LogP contribution < -0.4 is 5.32 Å². The summed E-state index contributed by atoms with van der Waals surface area (Å²) in [6.45, 7) is 4.57. The molecule has 0 saturated carbocycles. The fourth-order valence-corrected chi connectivity index (χ4v) is 4.47. The zero-order valence-corrected chi connectivity index (χ0v) is 19.7. The SMILES string of the molecule is CCNC(=O)C(CC)N(Cc1ccc(Cl)cc1Cl)C(=O)CCSCc1ccccc1. The van der Waals surface area contributed by atoms with Crippen LogP contribution in [0.15, 0.2) is 48.5 Å². The highest BCUT2D eigenvalue weighted by molar-refractivity contribution is 7.98. The standard InChI is InChI=1S/C23H28Cl2N2O2S/c1-3-21(23(29)26-4-2)27(15-18-10-11-19(24)14-20(18)25)22(28)12-13-30-16-17-8-6-5-7-9-17/h5-11,14,21H,3-4,12-13,15-16H2,1-2H3,(H,26,29). The van der Waals surface area contributed by atoms with Crippen molar-refractivity contribution in [2.75, 3.05) is 12.3 Å². The van der Waals surface area contributed by atoms with Gasteiger partial charge in [0.2, 0.25) is 11.8 Å². The number of thioether (sulfide) groups is 1. The Kier molecular flexibility index (Phi) is 10.6. The highest BCUT2D eigenvalue weighted by Gasteiger charge is 2.28. The number of nitrogens with zero attached hydrogens (tertiary/aromatic N) is 1. The van der Waals surface area contributed by atoms with E-state index < -0.39 is 6.04 Å². The summed E-state index contributed by atoms with van der Waals surface area (Å²) in [5.74, 6) is 1.34.